The van der Waals surface area contributed by atoms with Crippen molar-refractivity contribution >= 4 is 11.0 Å². The number of pyridine rings is 1. The summed E-state index contributed by atoms with van der Waals surface area (Å²) in [6, 6.07) is 14.6. The van der Waals surface area contributed by atoms with Crippen LogP contribution in [0.3, 0.4) is 0 Å². The summed E-state index contributed by atoms with van der Waals surface area (Å²) >= 11 is 0. The van der Waals surface area contributed by atoms with Gasteiger partial charge in [-0.05, 0) is 23.6 Å². The molecule has 19 heavy (non-hydrogen) atoms. The van der Waals surface area contributed by atoms with Crippen LogP contribution in [0.4, 0.5) is 0 Å². The van der Waals surface area contributed by atoms with Crippen LogP contribution in [-0.2, 0) is 7.05 Å². The maximum absolute atomic E-state index is 4.81. The van der Waals surface area contributed by atoms with Crippen LogP contribution in [0.25, 0.3) is 22.3 Å². The Bertz CT molecular complexity index is 709. The van der Waals surface area contributed by atoms with E-state index in [0.717, 1.165) is 16.9 Å². The Labute approximate surface area is 113 Å². The zero-order valence-corrected chi connectivity index (χ0v) is 11.6. The second-order valence-electron chi connectivity index (χ2n) is 5.28. The van der Waals surface area contributed by atoms with Crippen molar-refractivity contribution < 1.29 is 0 Å². The molecule has 0 radical (unpaired) electrons. The smallest absolute Gasteiger partial charge is 0.140 e. The monoisotopic (exact) mass is 250 g/mol. The summed E-state index contributed by atoms with van der Waals surface area (Å²) in [6.07, 6.45) is 2.19. The van der Waals surface area contributed by atoms with Gasteiger partial charge in [-0.2, -0.15) is 0 Å². The molecule has 0 bridgehead atoms. The molecule has 1 aromatic carbocycles. The molecule has 2 nitrogen and oxygen atoms in total. The van der Waals surface area contributed by atoms with E-state index in [4.69, 9.17) is 4.98 Å². The van der Waals surface area contributed by atoms with Crippen molar-refractivity contribution in [2.24, 2.45) is 7.05 Å². The topological polar surface area (TPSA) is 17.8 Å². The summed E-state index contributed by atoms with van der Waals surface area (Å²) in [7, 11) is 2.07. The third-order valence-corrected chi connectivity index (χ3v) is 3.54. The van der Waals surface area contributed by atoms with Crippen LogP contribution in [0, 0.1) is 0 Å². The van der Waals surface area contributed by atoms with E-state index in [0.29, 0.717) is 5.92 Å². The molecular weight excluding hydrogens is 232 g/mol. The molecular formula is C17H18N2. The summed E-state index contributed by atoms with van der Waals surface area (Å²) < 4.78 is 2.12. The van der Waals surface area contributed by atoms with E-state index < -0.39 is 0 Å². The quantitative estimate of drug-likeness (QED) is 0.660. The summed E-state index contributed by atoms with van der Waals surface area (Å²) in [5.41, 5.74) is 4.62. The zero-order chi connectivity index (χ0) is 13.4. The van der Waals surface area contributed by atoms with Gasteiger partial charge in [-0.3, -0.25) is 0 Å². The van der Waals surface area contributed by atoms with Crippen molar-refractivity contribution in [1.82, 2.24) is 9.55 Å². The minimum absolute atomic E-state index is 0.521. The van der Waals surface area contributed by atoms with E-state index >= 15 is 0 Å². The van der Waals surface area contributed by atoms with Crippen LogP contribution in [0.1, 0.15) is 25.3 Å². The fourth-order valence-electron chi connectivity index (χ4n) is 2.51. The lowest BCUT2D eigenvalue weighted by molar-refractivity contribution is 0.855. The number of hydrogen-bond acceptors (Lipinski definition) is 1. The highest BCUT2D eigenvalue weighted by molar-refractivity contribution is 5.83. The Morgan fingerprint density at radius 3 is 2.42 bits per heavy atom. The van der Waals surface area contributed by atoms with E-state index in [1.165, 1.54) is 10.9 Å². The van der Waals surface area contributed by atoms with Gasteiger partial charge in [0.15, 0.2) is 0 Å². The Balaban J connectivity index is 2.20. The molecule has 2 aromatic heterocycles. The van der Waals surface area contributed by atoms with Gasteiger partial charge in [0.05, 0.1) is 5.69 Å². The number of fused-ring (bicyclic) bond motifs is 1. The molecule has 0 aliphatic heterocycles. The highest BCUT2D eigenvalue weighted by Crippen LogP contribution is 2.28. The largest absolute Gasteiger partial charge is 0.335 e. The number of benzene rings is 1. The normalized spacial score (nSPS) is 11.4. The first-order chi connectivity index (χ1) is 9.16. The fourth-order valence-corrected chi connectivity index (χ4v) is 2.51. The van der Waals surface area contributed by atoms with Crippen molar-refractivity contribution in [3.05, 3.63) is 54.2 Å². The lowest BCUT2D eigenvalue weighted by Gasteiger charge is -2.04. The van der Waals surface area contributed by atoms with Crippen LogP contribution in [0.15, 0.2) is 48.7 Å². The van der Waals surface area contributed by atoms with Gasteiger partial charge in [0.25, 0.3) is 0 Å². The highest BCUT2D eigenvalue weighted by atomic mass is 15.0. The molecule has 96 valence electrons. The minimum atomic E-state index is 0.521. The van der Waals surface area contributed by atoms with Gasteiger partial charge in [-0.1, -0.05) is 44.2 Å². The molecule has 2 heterocycles. The second-order valence-corrected chi connectivity index (χ2v) is 5.28. The molecule has 0 spiro atoms. The summed E-state index contributed by atoms with van der Waals surface area (Å²) in [5.74, 6) is 0.521. The molecule has 0 saturated heterocycles. The maximum Gasteiger partial charge on any atom is 0.140 e. The Kier molecular flexibility index (Phi) is 2.86. The number of hydrogen-bond donors (Lipinski definition) is 0. The van der Waals surface area contributed by atoms with Gasteiger partial charge in [-0.25, -0.2) is 4.98 Å². The fraction of sp³-hybridized carbons (Fsp3) is 0.235. The van der Waals surface area contributed by atoms with Crippen molar-refractivity contribution in [3.63, 3.8) is 0 Å². The maximum atomic E-state index is 4.81. The van der Waals surface area contributed by atoms with E-state index in [2.05, 4.69) is 55.9 Å². The van der Waals surface area contributed by atoms with Gasteiger partial charge in [0, 0.05) is 24.2 Å². The average molecular weight is 250 g/mol. The SMILES string of the molecule is CC(C)c1cn(C)c2nc(-c3ccccc3)ccc12. The first-order valence-corrected chi connectivity index (χ1v) is 6.68. The zero-order valence-electron chi connectivity index (χ0n) is 11.6. The van der Waals surface area contributed by atoms with Crippen LogP contribution < -0.4 is 0 Å². The first-order valence-electron chi connectivity index (χ1n) is 6.68. The molecule has 0 aliphatic rings. The lowest BCUT2D eigenvalue weighted by atomic mass is 10.0. The molecule has 0 aliphatic carbocycles. The van der Waals surface area contributed by atoms with E-state index in [1.807, 2.05) is 18.2 Å². The van der Waals surface area contributed by atoms with E-state index in [9.17, 15) is 0 Å². The second kappa shape index (κ2) is 4.54. The van der Waals surface area contributed by atoms with Crippen molar-refractivity contribution in [2.75, 3.05) is 0 Å². The van der Waals surface area contributed by atoms with Gasteiger partial charge in [-0.15, -0.1) is 0 Å². The van der Waals surface area contributed by atoms with Gasteiger partial charge < -0.3 is 4.57 Å². The predicted molar refractivity (Wildman–Crippen MR) is 80.2 cm³/mol. The van der Waals surface area contributed by atoms with E-state index in [-0.39, 0.29) is 0 Å². The Morgan fingerprint density at radius 1 is 1.00 bits per heavy atom. The third kappa shape index (κ3) is 2.03. The van der Waals surface area contributed by atoms with Gasteiger partial charge >= 0.3 is 0 Å². The molecule has 2 heteroatoms. The Hall–Kier alpha value is -2.09. The summed E-state index contributed by atoms with van der Waals surface area (Å²) in [4.78, 5) is 4.81. The molecule has 0 atom stereocenters. The number of nitrogens with zero attached hydrogens (tertiary/aromatic N) is 2. The van der Waals surface area contributed by atoms with Crippen LogP contribution in [0.2, 0.25) is 0 Å². The van der Waals surface area contributed by atoms with Gasteiger partial charge in [0.1, 0.15) is 5.65 Å². The van der Waals surface area contributed by atoms with E-state index in [1.54, 1.807) is 0 Å². The Morgan fingerprint density at radius 2 is 1.74 bits per heavy atom. The molecule has 3 rings (SSSR count). The average Bonchev–Trinajstić information content (AvgIpc) is 2.77. The third-order valence-electron chi connectivity index (χ3n) is 3.54. The molecule has 0 fully saturated rings. The van der Waals surface area contributed by atoms with Crippen molar-refractivity contribution in [3.8, 4) is 11.3 Å². The van der Waals surface area contributed by atoms with Crippen molar-refractivity contribution in [2.45, 2.75) is 19.8 Å². The number of rotatable bonds is 2. The standard InChI is InChI=1S/C17H18N2/c1-12(2)15-11-19(3)17-14(15)9-10-16(18-17)13-7-5-4-6-8-13/h4-12H,1-3H3. The highest BCUT2D eigenvalue weighted by Gasteiger charge is 2.11. The summed E-state index contributed by atoms with van der Waals surface area (Å²) in [5, 5.41) is 1.26. The molecule has 0 saturated carbocycles. The first kappa shape index (κ1) is 12.0. The molecule has 0 unspecified atom stereocenters. The number of aryl methyl sites for hydroxylation is 1. The molecule has 3 aromatic rings. The van der Waals surface area contributed by atoms with Crippen LogP contribution in [0.5, 0.6) is 0 Å². The number of aromatic nitrogens is 2. The van der Waals surface area contributed by atoms with Gasteiger partial charge in [0.2, 0.25) is 0 Å². The predicted octanol–water partition coefficient (Wildman–Crippen LogP) is 4.36. The molecule has 0 amide bonds. The molecule has 0 N–H and O–H groups in total. The van der Waals surface area contributed by atoms with Crippen LogP contribution in [-0.4, -0.2) is 9.55 Å². The minimum Gasteiger partial charge on any atom is -0.335 e. The van der Waals surface area contributed by atoms with Crippen molar-refractivity contribution in [1.29, 1.82) is 0 Å². The van der Waals surface area contributed by atoms with Crippen LogP contribution >= 0.6 is 0 Å². The lowest BCUT2D eigenvalue weighted by Crippen LogP contribution is -1.90. The summed E-state index contributed by atoms with van der Waals surface area (Å²) in [6.45, 7) is 4.44.